The fraction of sp³-hybridized carbons (Fsp3) is 0.455. The van der Waals surface area contributed by atoms with Gasteiger partial charge >= 0.3 is 0 Å². The van der Waals surface area contributed by atoms with Crippen molar-refractivity contribution in [3.63, 3.8) is 0 Å². The van der Waals surface area contributed by atoms with Crippen LogP contribution in [0.2, 0.25) is 0 Å². The largest absolute Gasteiger partial charge is 0.383 e. The van der Waals surface area contributed by atoms with E-state index < -0.39 is 0 Å². The normalized spacial score (nSPS) is 18.1. The zero-order valence-corrected chi connectivity index (χ0v) is 24.7. The van der Waals surface area contributed by atoms with Gasteiger partial charge < -0.3 is 20.5 Å². The van der Waals surface area contributed by atoms with Crippen LogP contribution in [0, 0.1) is 5.92 Å². The molecule has 0 amide bonds. The zero-order valence-electron chi connectivity index (χ0n) is 24.7. The topological polar surface area (TPSA) is 105 Å². The lowest BCUT2D eigenvalue weighted by Gasteiger charge is -2.42. The first-order valence-electron chi connectivity index (χ1n) is 15.5. The summed E-state index contributed by atoms with van der Waals surface area (Å²) in [5, 5.41) is 6.01. The Bertz CT molecular complexity index is 1660. The van der Waals surface area contributed by atoms with Crippen LogP contribution in [0.15, 0.2) is 54.9 Å². The van der Waals surface area contributed by atoms with Gasteiger partial charge in [-0.2, -0.15) is 5.10 Å². The van der Waals surface area contributed by atoms with Gasteiger partial charge in [-0.05, 0) is 62.4 Å². The smallest absolute Gasteiger partial charge is 0.164 e. The van der Waals surface area contributed by atoms with Crippen molar-refractivity contribution < 1.29 is 0 Å². The van der Waals surface area contributed by atoms with Gasteiger partial charge in [0.2, 0.25) is 0 Å². The predicted molar refractivity (Wildman–Crippen MR) is 168 cm³/mol. The van der Waals surface area contributed by atoms with Crippen molar-refractivity contribution in [3.8, 4) is 11.3 Å². The first kappa shape index (κ1) is 27.0. The average molecular weight is 564 g/mol. The molecule has 0 bridgehead atoms. The number of likely N-dealkylation sites (tertiary alicyclic amines) is 2. The van der Waals surface area contributed by atoms with Gasteiger partial charge in [0.25, 0.3) is 0 Å². The number of fused-ring (bicyclic) bond motifs is 2. The molecule has 7 rings (SSSR count). The number of hydrogen-bond acceptors (Lipinski definition) is 7. The highest BCUT2D eigenvalue weighted by atomic mass is 15.3. The Balaban J connectivity index is 1.11. The standard InChI is InChI=1S/C33H41N9/c1-22(2)20-40-14-10-25(11-15-40)41-16-12-26(13-17-41)42-33-30(32(34)35-21-36-33)31(39-42)24-8-9-27-28(19-24)38-29(37-27)18-23-6-4-3-5-7-23/h3-9,19,21-22,25-26H,10-18,20H2,1-2H3,(H,37,38)(H2,34,35,36). The molecule has 2 saturated heterocycles. The number of aromatic nitrogens is 6. The van der Waals surface area contributed by atoms with Crippen LogP contribution in [0.3, 0.4) is 0 Å². The van der Waals surface area contributed by atoms with Crippen LogP contribution >= 0.6 is 0 Å². The third kappa shape index (κ3) is 5.39. The van der Waals surface area contributed by atoms with Crippen molar-refractivity contribution >= 4 is 27.9 Å². The fourth-order valence-electron chi connectivity index (χ4n) is 7.01. The van der Waals surface area contributed by atoms with Crippen LogP contribution in [-0.4, -0.2) is 78.3 Å². The molecule has 2 fully saturated rings. The Morgan fingerprint density at radius 2 is 1.69 bits per heavy atom. The van der Waals surface area contributed by atoms with Crippen molar-refractivity contribution in [1.82, 2.24) is 39.5 Å². The van der Waals surface area contributed by atoms with Crippen molar-refractivity contribution in [1.29, 1.82) is 0 Å². The van der Waals surface area contributed by atoms with E-state index in [1.807, 2.05) is 6.07 Å². The van der Waals surface area contributed by atoms with Crippen molar-refractivity contribution in [2.75, 3.05) is 38.5 Å². The number of nitrogen functional groups attached to an aromatic ring is 1. The summed E-state index contributed by atoms with van der Waals surface area (Å²) in [5.74, 6) is 2.16. The number of nitrogens with two attached hydrogens (primary N) is 1. The molecule has 0 unspecified atom stereocenters. The summed E-state index contributed by atoms with van der Waals surface area (Å²) in [4.78, 5) is 22.7. The zero-order chi connectivity index (χ0) is 28.6. The summed E-state index contributed by atoms with van der Waals surface area (Å²) in [6.07, 6.45) is 7.01. The van der Waals surface area contributed by atoms with Gasteiger partial charge in [-0.1, -0.05) is 50.2 Å². The number of piperidine rings is 2. The lowest BCUT2D eigenvalue weighted by atomic mass is 9.97. The molecule has 0 spiro atoms. The molecule has 218 valence electrons. The maximum absolute atomic E-state index is 6.46. The van der Waals surface area contributed by atoms with Gasteiger partial charge in [-0.15, -0.1) is 0 Å². The van der Waals surface area contributed by atoms with E-state index in [0.29, 0.717) is 17.9 Å². The maximum Gasteiger partial charge on any atom is 0.164 e. The summed E-state index contributed by atoms with van der Waals surface area (Å²) in [5.41, 5.74) is 12.3. The minimum Gasteiger partial charge on any atom is -0.383 e. The van der Waals surface area contributed by atoms with Crippen molar-refractivity contribution in [2.24, 2.45) is 5.92 Å². The summed E-state index contributed by atoms with van der Waals surface area (Å²) < 4.78 is 2.13. The number of benzene rings is 2. The summed E-state index contributed by atoms with van der Waals surface area (Å²) in [6.45, 7) is 10.5. The highest BCUT2D eigenvalue weighted by Gasteiger charge is 2.31. The minimum absolute atomic E-state index is 0.293. The summed E-state index contributed by atoms with van der Waals surface area (Å²) >= 11 is 0. The number of imidazole rings is 1. The molecule has 5 aromatic rings. The molecule has 3 N–H and O–H groups in total. The molecule has 0 radical (unpaired) electrons. The molecule has 5 heterocycles. The minimum atomic E-state index is 0.293. The van der Waals surface area contributed by atoms with E-state index in [-0.39, 0.29) is 0 Å². The number of hydrogen-bond donors (Lipinski definition) is 2. The molecular formula is C33H41N9. The molecule has 2 aliphatic rings. The van der Waals surface area contributed by atoms with Crippen LogP contribution in [0.25, 0.3) is 33.3 Å². The number of aromatic amines is 1. The monoisotopic (exact) mass is 563 g/mol. The second-order valence-electron chi connectivity index (χ2n) is 12.5. The lowest BCUT2D eigenvalue weighted by Crippen LogP contribution is -2.48. The molecule has 9 nitrogen and oxygen atoms in total. The third-order valence-electron chi connectivity index (χ3n) is 9.08. The maximum atomic E-state index is 6.46. The molecule has 0 atom stereocenters. The van der Waals surface area contributed by atoms with Crippen LogP contribution in [-0.2, 0) is 6.42 Å². The van der Waals surface area contributed by atoms with Crippen molar-refractivity contribution in [2.45, 2.75) is 58.0 Å². The molecule has 0 aliphatic carbocycles. The predicted octanol–water partition coefficient (Wildman–Crippen LogP) is 5.30. The van der Waals surface area contributed by atoms with E-state index in [0.717, 1.165) is 77.4 Å². The van der Waals surface area contributed by atoms with Crippen molar-refractivity contribution in [3.05, 3.63) is 66.2 Å². The molecule has 42 heavy (non-hydrogen) atoms. The number of nitrogens with one attached hydrogen (secondary N) is 1. The van der Waals surface area contributed by atoms with Gasteiger partial charge in [0.05, 0.1) is 22.5 Å². The van der Waals surface area contributed by atoms with E-state index in [9.17, 15) is 0 Å². The lowest BCUT2D eigenvalue weighted by molar-refractivity contribution is 0.0742. The molecule has 9 heteroatoms. The van der Waals surface area contributed by atoms with Gasteiger partial charge in [0.15, 0.2) is 5.65 Å². The Labute approximate surface area is 247 Å². The van der Waals surface area contributed by atoms with Gasteiger partial charge in [0, 0.05) is 37.7 Å². The van der Waals surface area contributed by atoms with Crippen LogP contribution in [0.4, 0.5) is 5.82 Å². The number of rotatable bonds is 7. The SMILES string of the molecule is CC(C)CN1CCC(N2CCC(n3nc(-c4ccc5nc(Cc6ccccc6)[nH]c5c4)c4c(N)ncnc43)CC2)CC1. The fourth-order valence-corrected chi connectivity index (χ4v) is 7.01. The van der Waals surface area contributed by atoms with E-state index in [1.165, 1.54) is 38.0 Å². The van der Waals surface area contributed by atoms with Crippen LogP contribution in [0.5, 0.6) is 0 Å². The molecule has 3 aromatic heterocycles. The third-order valence-corrected chi connectivity index (χ3v) is 9.08. The Kier molecular flexibility index (Phi) is 7.38. The number of anilines is 1. The van der Waals surface area contributed by atoms with Crippen LogP contribution in [0.1, 0.15) is 57.0 Å². The molecular weight excluding hydrogens is 522 g/mol. The van der Waals surface area contributed by atoms with Gasteiger partial charge in [0.1, 0.15) is 23.7 Å². The van der Waals surface area contributed by atoms with Gasteiger partial charge in [-0.25, -0.2) is 19.6 Å². The van der Waals surface area contributed by atoms with Gasteiger partial charge in [-0.3, -0.25) is 0 Å². The quantitative estimate of drug-likeness (QED) is 0.277. The van der Waals surface area contributed by atoms with E-state index in [1.54, 1.807) is 6.33 Å². The summed E-state index contributed by atoms with van der Waals surface area (Å²) in [7, 11) is 0. The highest BCUT2D eigenvalue weighted by Crippen LogP contribution is 2.35. The number of nitrogens with zero attached hydrogens (tertiary/aromatic N) is 7. The Morgan fingerprint density at radius 1 is 0.929 bits per heavy atom. The van der Waals surface area contributed by atoms with E-state index >= 15 is 0 Å². The van der Waals surface area contributed by atoms with E-state index in [2.05, 4.69) is 85.7 Å². The molecule has 2 aromatic carbocycles. The average Bonchev–Trinajstić information content (AvgIpc) is 3.59. The van der Waals surface area contributed by atoms with Crippen LogP contribution < -0.4 is 5.73 Å². The molecule has 0 saturated carbocycles. The first-order valence-corrected chi connectivity index (χ1v) is 15.5. The second-order valence-corrected chi connectivity index (χ2v) is 12.5. The summed E-state index contributed by atoms with van der Waals surface area (Å²) in [6, 6.07) is 17.7. The second kappa shape index (κ2) is 11.5. The van der Waals surface area contributed by atoms with E-state index in [4.69, 9.17) is 15.8 Å². The Morgan fingerprint density at radius 3 is 2.45 bits per heavy atom. The first-order chi connectivity index (χ1) is 20.5. The molecule has 2 aliphatic heterocycles. The highest BCUT2D eigenvalue weighted by molar-refractivity contribution is 5.99. The number of H-pyrrole nitrogens is 1. The Hall–Kier alpha value is -3.82.